The number of hydrogen-bond acceptors (Lipinski definition) is 4. The summed E-state index contributed by atoms with van der Waals surface area (Å²) in [5, 5.41) is 2.14. The topological polar surface area (TPSA) is 64.6 Å². The summed E-state index contributed by atoms with van der Waals surface area (Å²) in [7, 11) is 1.37. The molecule has 0 aromatic heterocycles. The second-order valence-corrected chi connectivity index (χ2v) is 5.84. The number of para-hydroxylation sites is 1. The van der Waals surface area contributed by atoms with Gasteiger partial charge in [-0.1, -0.05) is 23.7 Å². The summed E-state index contributed by atoms with van der Waals surface area (Å²) in [5.41, 5.74) is -1.10. The van der Waals surface area contributed by atoms with Gasteiger partial charge in [0.15, 0.2) is 6.10 Å². The molecule has 2 aromatic carbocycles. The van der Waals surface area contributed by atoms with Crippen molar-refractivity contribution in [2.24, 2.45) is 0 Å². The quantitative estimate of drug-likeness (QED) is 0.746. The summed E-state index contributed by atoms with van der Waals surface area (Å²) in [5.74, 6) is -1.39. The lowest BCUT2D eigenvalue weighted by Crippen LogP contribution is -2.30. The van der Waals surface area contributed by atoms with Gasteiger partial charge < -0.3 is 14.8 Å². The Bertz CT molecular complexity index is 855. The van der Waals surface area contributed by atoms with Crippen molar-refractivity contribution >= 4 is 29.2 Å². The van der Waals surface area contributed by atoms with Crippen LogP contribution in [0.4, 0.5) is 18.9 Å². The summed E-state index contributed by atoms with van der Waals surface area (Å²) in [6.07, 6.45) is -5.88. The Hall–Kier alpha value is -2.74. The van der Waals surface area contributed by atoms with Gasteiger partial charge in [0.1, 0.15) is 11.3 Å². The molecule has 0 spiro atoms. The first-order valence-corrected chi connectivity index (χ1v) is 8.03. The Kier molecular flexibility index (Phi) is 6.32. The fourth-order valence-electron chi connectivity index (χ4n) is 2.12. The summed E-state index contributed by atoms with van der Waals surface area (Å²) in [4.78, 5) is 24.4. The molecule has 0 bridgehead atoms. The highest BCUT2D eigenvalue weighted by Gasteiger charge is 2.31. The second-order valence-electron chi connectivity index (χ2n) is 5.43. The molecule has 0 aliphatic heterocycles. The maximum Gasteiger partial charge on any atom is 0.416 e. The fourth-order valence-corrected chi connectivity index (χ4v) is 2.29. The van der Waals surface area contributed by atoms with Crippen LogP contribution in [0.25, 0.3) is 0 Å². The molecule has 0 aliphatic rings. The van der Waals surface area contributed by atoms with Crippen molar-refractivity contribution in [3.8, 4) is 5.75 Å². The standard InChI is InChI=1S/C18H15ClF3NO4/c1-10(27-17(25)12-5-3-4-6-15(12)26-2)16(24)23-14-9-11(18(20,21)22)7-8-13(14)19/h3-10H,1-2H3,(H,23,24). The first kappa shape index (κ1) is 20.6. The molecule has 9 heteroatoms. The van der Waals surface area contributed by atoms with Gasteiger partial charge in [-0.05, 0) is 37.3 Å². The number of hydrogen-bond donors (Lipinski definition) is 1. The number of rotatable bonds is 5. The number of nitrogens with one attached hydrogen (secondary N) is 1. The lowest BCUT2D eigenvalue weighted by Gasteiger charge is -2.16. The Morgan fingerprint density at radius 3 is 2.44 bits per heavy atom. The summed E-state index contributed by atoms with van der Waals surface area (Å²) >= 11 is 5.83. The number of esters is 1. The predicted molar refractivity (Wildman–Crippen MR) is 93.0 cm³/mol. The van der Waals surface area contributed by atoms with Gasteiger partial charge >= 0.3 is 12.1 Å². The van der Waals surface area contributed by atoms with E-state index in [4.69, 9.17) is 21.1 Å². The van der Waals surface area contributed by atoms with Crippen LogP contribution in [-0.4, -0.2) is 25.1 Å². The van der Waals surface area contributed by atoms with Crippen LogP contribution in [0.1, 0.15) is 22.8 Å². The molecule has 1 atom stereocenters. The van der Waals surface area contributed by atoms with E-state index in [0.29, 0.717) is 6.07 Å². The number of benzene rings is 2. The molecular formula is C18H15ClF3NO4. The smallest absolute Gasteiger partial charge is 0.416 e. The third kappa shape index (κ3) is 5.13. The lowest BCUT2D eigenvalue weighted by molar-refractivity contribution is -0.137. The van der Waals surface area contributed by atoms with E-state index >= 15 is 0 Å². The van der Waals surface area contributed by atoms with Crippen LogP contribution in [-0.2, 0) is 15.7 Å². The van der Waals surface area contributed by atoms with E-state index < -0.39 is 29.7 Å². The Balaban J connectivity index is 2.11. The first-order valence-electron chi connectivity index (χ1n) is 7.65. The molecule has 0 heterocycles. The molecule has 144 valence electrons. The van der Waals surface area contributed by atoms with E-state index in [1.54, 1.807) is 18.2 Å². The molecule has 27 heavy (non-hydrogen) atoms. The molecular weight excluding hydrogens is 387 g/mol. The molecule has 1 N–H and O–H groups in total. The van der Waals surface area contributed by atoms with Gasteiger partial charge in [-0.15, -0.1) is 0 Å². The van der Waals surface area contributed by atoms with Crippen molar-refractivity contribution in [3.05, 3.63) is 58.6 Å². The largest absolute Gasteiger partial charge is 0.496 e. The maximum absolute atomic E-state index is 12.8. The van der Waals surface area contributed by atoms with Crippen LogP contribution < -0.4 is 10.1 Å². The van der Waals surface area contributed by atoms with Crippen LogP contribution in [0, 0.1) is 0 Å². The van der Waals surface area contributed by atoms with Crippen LogP contribution in [0.5, 0.6) is 5.75 Å². The third-order valence-corrected chi connectivity index (χ3v) is 3.86. The zero-order valence-corrected chi connectivity index (χ0v) is 15.0. The van der Waals surface area contributed by atoms with Crippen molar-refractivity contribution in [3.63, 3.8) is 0 Å². The summed E-state index contributed by atoms with van der Waals surface area (Å²) < 4.78 is 48.5. The number of ether oxygens (including phenoxy) is 2. The number of amides is 1. The molecule has 0 saturated heterocycles. The first-order chi connectivity index (χ1) is 12.6. The van der Waals surface area contributed by atoms with Crippen molar-refractivity contribution in [1.29, 1.82) is 0 Å². The number of anilines is 1. The van der Waals surface area contributed by atoms with Gasteiger partial charge in [0.25, 0.3) is 5.91 Å². The number of carbonyl (C=O) groups excluding carboxylic acids is 2. The predicted octanol–water partition coefficient (Wildman–Crippen LogP) is 4.55. The second kappa shape index (κ2) is 8.30. The zero-order chi connectivity index (χ0) is 20.2. The molecule has 2 aromatic rings. The summed E-state index contributed by atoms with van der Waals surface area (Å²) in [6, 6.07) is 8.76. The van der Waals surface area contributed by atoms with Crippen LogP contribution >= 0.6 is 11.6 Å². The minimum absolute atomic E-state index is 0.0837. The van der Waals surface area contributed by atoms with Crippen LogP contribution in [0.3, 0.4) is 0 Å². The molecule has 0 aliphatic carbocycles. The van der Waals surface area contributed by atoms with E-state index in [1.165, 1.54) is 20.1 Å². The zero-order valence-electron chi connectivity index (χ0n) is 14.3. The lowest BCUT2D eigenvalue weighted by atomic mass is 10.2. The van der Waals surface area contributed by atoms with E-state index in [1.807, 2.05) is 0 Å². The van der Waals surface area contributed by atoms with Crippen molar-refractivity contribution < 1.29 is 32.2 Å². The average Bonchev–Trinajstić information content (AvgIpc) is 2.62. The fraction of sp³-hybridized carbons (Fsp3) is 0.222. The average molecular weight is 402 g/mol. The normalized spacial score (nSPS) is 12.2. The number of methoxy groups -OCH3 is 1. The minimum Gasteiger partial charge on any atom is -0.496 e. The number of halogens is 4. The highest BCUT2D eigenvalue weighted by molar-refractivity contribution is 6.33. The van der Waals surface area contributed by atoms with Gasteiger partial charge in [0.05, 0.1) is 23.4 Å². The summed E-state index contributed by atoms with van der Waals surface area (Å²) in [6.45, 7) is 1.28. The monoisotopic (exact) mass is 401 g/mol. The van der Waals surface area contributed by atoms with Gasteiger partial charge in [-0.2, -0.15) is 13.2 Å². The Morgan fingerprint density at radius 1 is 1.15 bits per heavy atom. The molecule has 1 amide bonds. The highest BCUT2D eigenvalue weighted by Crippen LogP contribution is 2.33. The molecule has 1 unspecified atom stereocenters. The maximum atomic E-state index is 12.8. The molecule has 2 rings (SSSR count). The third-order valence-electron chi connectivity index (χ3n) is 3.53. The minimum atomic E-state index is -4.59. The van der Waals surface area contributed by atoms with Crippen LogP contribution in [0.2, 0.25) is 5.02 Å². The van der Waals surface area contributed by atoms with Gasteiger partial charge in [0, 0.05) is 0 Å². The van der Waals surface area contributed by atoms with E-state index in [-0.39, 0.29) is 22.0 Å². The molecule has 0 fully saturated rings. The van der Waals surface area contributed by atoms with Crippen LogP contribution in [0.15, 0.2) is 42.5 Å². The Labute approximate surface area is 158 Å². The molecule has 5 nitrogen and oxygen atoms in total. The van der Waals surface area contributed by atoms with Crippen molar-refractivity contribution in [1.82, 2.24) is 0 Å². The SMILES string of the molecule is COc1ccccc1C(=O)OC(C)C(=O)Nc1cc(C(F)(F)F)ccc1Cl. The van der Waals surface area contributed by atoms with Crippen molar-refractivity contribution in [2.75, 3.05) is 12.4 Å². The van der Waals surface area contributed by atoms with Gasteiger partial charge in [0.2, 0.25) is 0 Å². The number of carbonyl (C=O) groups is 2. The molecule has 0 saturated carbocycles. The van der Waals surface area contributed by atoms with E-state index in [9.17, 15) is 22.8 Å². The van der Waals surface area contributed by atoms with Gasteiger partial charge in [-0.25, -0.2) is 4.79 Å². The highest BCUT2D eigenvalue weighted by atomic mass is 35.5. The number of alkyl halides is 3. The van der Waals surface area contributed by atoms with Crippen molar-refractivity contribution in [2.45, 2.75) is 19.2 Å². The van der Waals surface area contributed by atoms with E-state index in [0.717, 1.165) is 12.1 Å². The van der Waals surface area contributed by atoms with Gasteiger partial charge in [-0.3, -0.25) is 4.79 Å². The Morgan fingerprint density at radius 2 is 1.81 bits per heavy atom. The molecule has 0 radical (unpaired) electrons. The van der Waals surface area contributed by atoms with E-state index in [2.05, 4.69) is 5.32 Å².